The predicted molar refractivity (Wildman–Crippen MR) is 109 cm³/mol. The molecule has 2 aromatic carbocycles. The number of nitrogens with one attached hydrogen (secondary N) is 1. The van der Waals surface area contributed by atoms with E-state index in [1.807, 2.05) is 24.3 Å². The Bertz CT molecular complexity index is 1040. The number of para-hydroxylation sites is 1. The molecule has 4 rings (SSSR count). The molecule has 1 fully saturated rings. The van der Waals surface area contributed by atoms with Gasteiger partial charge in [0.2, 0.25) is 22.7 Å². The molecular weight excluding hydrogens is 408 g/mol. The molecule has 0 radical (unpaired) electrons. The Morgan fingerprint density at radius 1 is 1.20 bits per heavy atom. The summed E-state index contributed by atoms with van der Waals surface area (Å²) in [5, 5.41) is 2.91. The van der Waals surface area contributed by atoms with Gasteiger partial charge in [-0.15, -0.1) is 0 Å². The van der Waals surface area contributed by atoms with Crippen LogP contribution in [0.5, 0.6) is 17.2 Å². The zero-order valence-electron chi connectivity index (χ0n) is 16.7. The Labute approximate surface area is 175 Å². The number of sulfonamides is 1. The zero-order chi connectivity index (χ0) is 21.1. The third kappa shape index (κ3) is 4.08. The fraction of sp³-hybridized carbons (Fsp3) is 0.381. The van der Waals surface area contributed by atoms with Gasteiger partial charge in [0.05, 0.1) is 17.9 Å². The third-order valence-electron chi connectivity index (χ3n) is 5.38. The summed E-state index contributed by atoms with van der Waals surface area (Å²) in [4.78, 5) is 12.9. The van der Waals surface area contributed by atoms with E-state index in [1.165, 1.54) is 16.4 Å². The summed E-state index contributed by atoms with van der Waals surface area (Å²) in [6.45, 7) is 0.937. The second kappa shape index (κ2) is 8.53. The lowest BCUT2D eigenvalue weighted by Gasteiger charge is -2.31. The Hall–Kier alpha value is -2.78. The number of piperidine rings is 1. The molecule has 160 valence electrons. The van der Waals surface area contributed by atoms with E-state index in [9.17, 15) is 13.2 Å². The molecule has 0 spiro atoms. The van der Waals surface area contributed by atoms with Crippen LogP contribution < -0.4 is 19.5 Å². The Balaban J connectivity index is 1.43. The number of ether oxygens (including phenoxy) is 3. The van der Waals surface area contributed by atoms with Crippen molar-refractivity contribution in [2.24, 2.45) is 5.92 Å². The van der Waals surface area contributed by atoms with Crippen molar-refractivity contribution in [3.8, 4) is 17.2 Å². The van der Waals surface area contributed by atoms with Crippen LogP contribution in [0.15, 0.2) is 47.4 Å². The van der Waals surface area contributed by atoms with Crippen LogP contribution in [-0.2, 0) is 21.4 Å². The quantitative estimate of drug-likeness (QED) is 0.752. The molecular formula is C21H24N2O6S. The molecule has 1 unspecified atom stereocenters. The lowest BCUT2D eigenvalue weighted by atomic mass is 9.98. The second-order valence-electron chi connectivity index (χ2n) is 7.25. The van der Waals surface area contributed by atoms with Crippen LogP contribution in [-0.4, -0.2) is 45.6 Å². The molecule has 1 atom stereocenters. The van der Waals surface area contributed by atoms with Gasteiger partial charge in [0, 0.05) is 31.3 Å². The molecule has 0 bridgehead atoms. The number of fused-ring (bicyclic) bond motifs is 1. The van der Waals surface area contributed by atoms with Crippen molar-refractivity contribution in [1.82, 2.24) is 9.62 Å². The highest BCUT2D eigenvalue weighted by molar-refractivity contribution is 7.89. The van der Waals surface area contributed by atoms with Crippen LogP contribution in [0.4, 0.5) is 0 Å². The maximum absolute atomic E-state index is 13.1. The first-order chi connectivity index (χ1) is 14.5. The molecule has 1 saturated heterocycles. The summed E-state index contributed by atoms with van der Waals surface area (Å²) in [7, 11) is -2.15. The number of carbonyl (C=O) groups is 1. The van der Waals surface area contributed by atoms with E-state index >= 15 is 0 Å². The summed E-state index contributed by atoms with van der Waals surface area (Å²) in [5.74, 6) is 1.08. The van der Waals surface area contributed by atoms with Crippen LogP contribution in [0.1, 0.15) is 18.4 Å². The average molecular weight is 432 g/mol. The summed E-state index contributed by atoms with van der Waals surface area (Å²) >= 11 is 0. The highest BCUT2D eigenvalue weighted by Crippen LogP contribution is 2.35. The normalized spacial score (nSPS) is 18.8. The molecule has 1 amide bonds. The van der Waals surface area contributed by atoms with E-state index in [0.29, 0.717) is 43.2 Å². The van der Waals surface area contributed by atoms with E-state index in [2.05, 4.69) is 5.32 Å². The standard InChI is InChI=1S/C21H24N2O6S/c1-27-18-7-3-2-5-15(18)12-22-21(24)16-6-4-10-23(13-16)30(25,26)17-8-9-19-20(11-17)29-14-28-19/h2-3,5,7-9,11,16H,4,6,10,12-14H2,1H3,(H,22,24). The van der Waals surface area contributed by atoms with Crippen molar-refractivity contribution >= 4 is 15.9 Å². The monoisotopic (exact) mass is 432 g/mol. The van der Waals surface area contributed by atoms with Gasteiger partial charge < -0.3 is 19.5 Å². The van der Waals surface area contributed by atoms with Crippen LogP contribution in [0.2, 0.25) is 0 Å². The van der Waals surface area contributed by atoms with Gasteiger partial charge in [-0.1, -0.05) is 18.2 Å². The topological polar surface area (TPSA) is 94.2 Å². The van der Waals surface area contributed by atoms with Gasteiger partial charge in [0.15, 0.2) is 11.5 Å². The van der Waals surface area contributed by atoms with Crippen LogP contribution in [0.3, 0.4) is 0 Å². The fourth-order valence-corrected chi connectivity index (χ4v) is 5.28. The SMILES string of the molecule is COc1ccccc1CNC(=O)C1CCCN(S(=O)(=O)c2ccc3c(c2)OCO3)C1. The molecule has 2 aliphatic heterocycles. The van der Waals surface area contributed by atoms with E-state index < -0.39 is 15.9 Å². The molecule has 2 aromatic rings. The van der Waals surface area contributed by atoms with Gasteiger partial charge in [-0.05, 0) is 31.0 Å². The van der Waals surface area contributed by atoms with Crippen LogP contribution in [0.25, 0.3) is 0 Å². The number of benzene rings is 2. The van der Waals surface area contributed by atoms with Gasteiger partial charge in [-0.3, -0.25) is 4.79 Å². The van der Waals surface area contributed by atoms with E-state index in [-0.39, 0.29) is 24.1 Å². The van der Waals surface area contributed by atoms with E-state index in [4.69, 9.17) is 14.2 Å². The van der Waals surface area contributed by atoms with Gasteiger partial charge in [-0.25, -0.2) is 8.42 Å². The highest BCUT2D eigenvalue weighted by Gasteiger charge is 2.34. The Kier molecular flexibility index (Phi) is 5.83. The summed E-state index contributed by atoms with van der Waals surface area (Å²) in [6.07, 6.45) is 1.27. The number of rotatable bonds is 6. The fourth-order valence-electron chi connectivity index (χ4n) is 3.74. The van der Waals surface area contributed by atoms with Crippen LogP contribution in [0, 0.1) is 5.92 Å². The molecule has 0 aromatic heterocycles. The lowest BCUT2D eigenvalue weighted by molar-refractivity contribution is -0.126. The Morgan fingerprint density at radius 3 is 2.83 bits per heavy atom. The van der Waals surface area contributed by atoms with Crippen molar-refractivity contribution < 1.29 is 27.4 Å². The van der Waals surface area contributed by atoms with Gasteiger partial charge in [0.25, 0.3) is 0 Å². The minimum Gasteiger partial charge on any atom is -0.496 e. The zero-order valence-corrected chi connectivity index (χ0v) is 17.5. The summed E-state index contributed by atoms with van der Waals surface area (Å²) < 4.78 is 43.4. The molecule has 2 aliphatic rings. The van der Waals surface area contributed by atoms with E-state index in [1.54, 1.807) is 13.2 Å². The molecule has 8 nitrogen and oxygen atoms in total. The molecule has 1 N–H and O–H groups in total. The van der Waals surface area contributed by atoms with Gasteiger partial charge in [-0.2, -0.15) is 4.31 Å². The van der Waals surface area contributed by atoms with Crippen molar-refractivity contribution in [3.05, 3.63) is 48.0 Å². The van der Waals surface area contributed by atoms with Crippen molar-refractivity contribution in [2.75, 3.05) is 27.0 Å². The number of amides is 1. The number of nitrogens with zero attached hydrogens (tertiary/aromatic N) is 1. The number of hydrogen-bond donors (Lipinski definition) is 1. The summed E-state index contributed by atoms with van der Waals surface area (Å²) in [5.41, 5.74) is 0.869. The van der Waals surface area contributed by atoms with Gasteiger partial charge >= 0.3 is 0 Å². The highest BCUT2D eigenvalue weighted by atomic mass is 32.2. The molecule has 0 saturated carbocycles. The first-order valence-corrected chi connectivity index (χ1v) is 11.2. The molecule has 0 aliphatic carbocycles. The Morgan fingerprint density at radius 2 is 2.00 bits per heavy atom. The first kappa shape index (κ1) is 20.5. The van der Waals surface area contributed by atoms with Gasteiger partial charge in [0.1, 0.15) is 5.75 Å². The minimum atomic E-state index is -3.73. The van der Waals surface area contributed by atoms with Crippen LogP contribution >= 0.6 is 0 Å². The molecule has 2 heterocycles. The smallest absolute Gasteiger partial charge is 0.243 e. The van der Waals surface area contributed by atoms with Crippen molar-refractivity contribution in [1.29, 1.82) is 0 Å². The maximum Gasteiger partial charge on any atom is 0.243 e. The average Bonchev–Trinajstić information content (AvgIpc) is 3.25. The predicted octanol–water partition coefficient (Wildman–Crippen LogP) is 2.14. The second-order valence-corrected chi connectivity index (χ2v) is 9.18. The maximum atomic E-state index is 13.1. The molecule has 30 heavy (non-hydrogen) atoms. The largest absolute Gasteiger partial charge is 0.496 e. The van der Waals surface area contributed by atoms with Crippen molar-refractivity contribution in [3.63, 3.8) is 0 Å². The number of carbonyl (C=O) groups excluding carboxylic acids is 1. The minimum absolute atomic E-state index is 0.0804. The number of methoxy groups -OCH3 is 1. The van der Waals surface area contributed by atoms with Crippen molar-refractivity contribution in [2.45, 2.75) is 24.3 Å². The molecule has 9 heteroatoms. The lowest BCUT2D eigenvalue weighted by Crippen LogP contribution is -2.45. The first-order valence-electron chi connectivity index (χ1n) is 9.78. The van der Waals surface area contributed by atoms with E-state index in [0.717, 1.165) is 5.56 Å². The third-order valence-corrected chi connectivity index (χ3v) is 7.24. The number of hydrogen-bond acceptors (Lipinski definition) is 6. The summed E-state index contributed by atoms with van der Waals surface area (Å²) in [6, 6.07) is 12.0.